The van der Waals surface area contributed by atoms with E-state index in [9.17, 15) is 0 Å². The zero-order valence-electron chi connectivity index (χ0n) is 11.3. The lowest BCUT2D eigenvalue weighted by Crippen LogP contribution is -2.21. The van der Waals surface area contributed by atoms with Crippen molar-refractivity contribution in [2.45, 2.75) is 39.8 Å². The van der Waals surface area contributed by atoms with Crippen molar-refractivity contribution in [1.82, 2.24) is 10.3 Å². The molecule has 1 heterocycles. The normalized spacial score (nSPS) is 10.7. The molecule has 0 aromatic carbocycles. The monoisotopic (exact) mass is 268 g/mol. The Balaban J connectivity index is 2.53. The molecule has 0 unspecified atom stereocenters. The van der Waals surface area contributed by atoms with Gasteiger partial charge >= 0.3 is 0 Å². The minimum atomic E-state index is 0.440. The number of pyridine rings is 1. The van der Waals surface area contributed by atoms with Gasteiger partial charge in [-0.3, -0.25) is 0 Å². The van der Waals surface area contributed by atoms with Crippen LogP contribution in [-0.4, -0.2) is 17.6 Å². The van der Waals surface area contributed by atoms with Gasteiger partial charge in [0.15, 0.2) is 0 Å². The fraction of sp³-hybridized carbons (Fsp3) is 0.500. The lowest BCUT2D eigenvalue weighted by atomic mass is 10.2. The third kappa shape index (κ3) is 5.52. The highest BCUT2D eigenvalue weighted by Crippen LogP contribution is 2.22. The van der Waals surface area contributed by atoms with Crippen molar-refractivity contribution >= 4 is 11.6 Å². The average Bonchev–Trinajstić information content (AvgIpc) is 2.28. The molecule has 0 bridgehead atoms. The molecule has 0 saturated heterocycles. The highest BCUT2D eigenvalue weighted by molar-refractivity contribution is 6.31. The van der Waals surface area contributed by atoms with Gasteiger partial charge in [0, 0.05) is 25.2 Å². The summed E-state index contributed by atoms with van der Waals surface area (Å²) in [6, 6.07) is 2.33. The summed E-state index contributed by atoms with van der Waals surface area (Å²) < 4.78 is 5.50. The number of nitrogens with zero attached hydrogens (tertiary/aromatic N) is 1. The van der Waals surface area contributed by atoms with Gasteiger partial charge in [-0.1, -0.05) is 31.0 Å². The van der Waals surface area contributed by atoms with Crippen molar-refractivity contribution in [1.29, 1.82) is 0 Å². The van der Waals surface area contributed by atoms with Crippen molar-refractivity contribution in [2.24, 2.45) is 0 Å². The number of halogens is 1. The number of hydrogen-bond donors (Lipinski definition) is 1. The van der Waals surface area contributed by atoms with E-state index in [0.717, 1.165) is 24.1 Å². The van der Waals surface area contributed by atoms with Crippen LogP contribution in [0.2, 0.25) is 5.02 Å². The topological polar surface area (TPSA) is 34.1 Å². The van der Waals surface area contributed by atoms with Crippen LogP contribution in [0.5, 0.6) is 5.88 Å². The Labute approximate surface area is 114 Å². The van der Waals surface area contributed by atoms with Crippen molar-refractivity contribution in [3.8, 4) is 5.88 Å². The fourth-order valence-corrected chi connectivity index (χ4v) is 1.56. The van der Waals surface area contributed by atoms with Gasteiger partial charge in [0.2, 0.25) is 5.88 Å². The zero-order chi connectivity index (χ0) is 13.5. The summed E-state index contributed by atoms with van der Waals surface area (Å²) in [4.78, 5) is 4.23. The van der Waals surface area contributed by atoms with Crippen LogP contribution in [0.3, 0.4) is 0 Å². The molecule has 4 heteroatoms. The molecule has 0 atom stereocenters. The van der Waals surface area contributed by atoms with Gasteiger partial charge < -0.3 is 10.1 Å². The van der Waals surface area contributed by atoms with Crippen LogP contribution in [0.25, 0.3) is 0 Å². The van der Waals surface area contributed by atoms with Gasteiger partial charge in [-0.2, -0.15) is 0 Å². The number of nitrogens with one attached hydrogen (secondary N) is 1. The third-order valence-corrected chi connectivity index (χ3v) is 2.62. The molecule has 0 amide bonds. The van der Waals surface area contributed by atoms with Crippen molar-refractivity contribution in [2.75, 3.05) is 6.61 Å². The fourth-order valence-electron chi connectivity index (χ4n) is 1.31. The van der Waals surface area contributed by atoms with E-state index in [0.29, 0.717) is 23.6 Å². The lowest BCUT2D eigenvalue weighted by molar-refractivity contribution is 0.309. The number of hydrogen-bond acceptors (Lipinski definition) is 3. The van der Waals surface area contributed by atoms with Crippen molar-refractivity contribution < 1.29 is 4.74 Å². The Hall–Kier alpha value is -1.06. The van der Waals surface area contributed by atoms with Crippen molar-refractivity contribution in [3.05, 3.63) is 35.0 Å². The molecule has 0 aliphatic rings. The molecule has 1 rings (SSSR count). The molecule has 0 aliphatic carbocycles. The van der Waals surface area contributed by atoms with Crippen LogP contribution in [0.15, 0.2) is 24.4 Å². The van der Waals surface area contributed by atoms with Gasteiger partial charge in [-0.15, -0.1) is 6.58 Å². The maximum Gasteiger partial charge on any atom is 0.232 e. The van der Waals surface area contributed by atoms with Crippen LogP contribution in [0.4, 0.5) is 0 Å². The van der Waals surface area contributed by atoms with E-state index >= 15 is 0 Å². The molecule has 0 saturated carbocycles. The Kier molecular flexibility index (Phi) is 6.16. The maximum absolute atomic E-state index is 6.12. The number of aromatic nitrogens is 1. The number of rotatable bonds is 7. The molecule has 0 fully saturated rings. The quantitative estimate of drug-likeness (QED) is 0.768. The highest BCUT2D eigenvalue weighted by Gasteiger charge is 2.05. The van der Waals surface area contributed by atoms with E-state index in [4.69, 9.17) is 16.3 Å². The zero-order valence-corrected chi connectivity index (χ0v) is 12.0. The average molecular weight is 269 g/mol. The number of ether oxygens (including phenoxy) is 1. The van der Waals surface area contributed by atoms with Crippen LogP contribution in [-0.2, 0) is 6.54 Å². The summed E-state index contributed by atoms with van der Waals surface area (Å²) >= 11 is 6.12. The van der Waals surface area contributed by atoms with Gasteiger partial charge in [0.25, 0.3) is 0 Å². The standard InChI is InChI=1S/C14H21ClN2O/c1-10(2)5-6-18-14-13(15)7-12(9-17-14)8-16-11(3)4/h7,9,11,16H,1,5-6,8H2,2-4H3. The Morgan fingerprint density at radius 3 is 2.83 bits per heavy atom. The molecule has 0 spiro atoms. The van der Waals surface area contributed by atoms with E-state index in [1.54, 1.807) is 6.20 Å². The predicted octanol–water partition coefficient (Wildman–Crippen LogP) is 3.58. The Bertz CT molecular complexity index is 405. The van der Waals surface area contributed by atoms with Gasteiger partial charge in [-0.05, 0) is 18.6 Å². The first-order chi connectivity index (χ1) is 8.49. The van der Waals surface area contributed by atoms with Gasteiger partial charge in [0.1, 0.15) is 5.02 Å². The van der Waals surface area contributed by atoms with Crippen LogP contribution in [0, 0.1) is 0 Å². The summed E-state index contributed by atoms with van der Waals surface area (Å²) in [7, 11) is 0. The molecular weight excluding hydrogens is 248 g/mol. The molecule has 1 aromatic rings. The second kappa shape index (κ2) is 7.39. The second-order valence-corrected chi connectivity index (χ2v) is 5.13. The van der Waals surface area contributed by atoms with Crippen LogP contribution < -0.4 is 10.1 Å². The first kappa shape index (κ1) is 15.0. The first-order valence-corrected chi connectivity index (χ1v) is 6.52. The third-order valence-electron chi connectivity index (χ3n) is 2.35. The predicted molar refractivity (Wildman–Crippen MR) is 76.1 cm³/mol. The molecular formula is C14H21ClN2O. The molecule has 0 radical (unpaired) electrons. The van der Waals surface area contributed by atoms with Crippen LogP contribution in [0.1, 0.15) is 32.8 Å². The molecule has 3 nitrogen and oxygen atoms in total. The minimum Gasteiger partial charge on any atom is -0.476 e. The van der Waals surface area contributed by atoms with E-state index in [1.807, 2.05) is 13.0 Å². The van der Waals surface area contributed by atoms with Gasteiger partial charge in [0.05, 0.1) is 6.61 Å². The smallest absolute Gasteiger partial charge is 0.232 e. The Morgan fingerprint density at radius 1 is 1.56 bits per heavy atom. The SMILES string of the molecule is C=C(C)CCOc1ncc(CNC(C)C)cc1Cl. The largest absolute Gasteiger partial charge is 0.476 e. The summed E-state index contributed by atoms with van der Waals surface area (Å²) in [6.45, 7) is 11.3. The highest BCUT2D eigenvalue weighted by atomic mass is 35.5. The molecule has 100 valence electrons. The van der Waals surface area contributed by atoms with Crippen LogP contribution >= 0.6 is 11.6 Å². The summed E-state index contributed by atoms with van der Waals surface area (Å²) in [6.07, 6.45) is 2.60. The Morgan fingerprint density at radius 2 is 2.28 bits per heavy atom. The molecule has 18 heavy (non-hydrogen) atoms. The molecule has 1 N–H and O–H groups in total. The lowest BCUT2D eigenvalue weighted by Gasteiger charge is -2.10. The molecule has 0 aliphatic heterocycles. The summed E-state index contributed by atoms with van der Waals surface area (Å²) in [5, 5.41) is 3.87. The second-order valence-electron chi connectivity index (χ2n) is 4.72. The maximum atomic E-state index is 6.12. The summed E-state index contributed by atoms with van der Waals surface area (Å²) in [5.41, 5.74) is 2.14. The van der Waals surface area contributed by atoms with E-state index in [2.05, 4.69) is 30.7 Å². The van der Waals surface area contributed by atoms with E-state index in [-0.39, 0.29) is 0 Å². The van der Waals surface area contributed by atoms with Gasteiger partial charge in [-0.25, -0.2) is 4.98 Å². The van der Waals surface area contributed by atoms with E-state index in [1.165, 1.54) is 0 Å². The minimum absolute atomic E-state index is 0.440. The first-order valence-electron chi connectivity index (χ1n) is 6.14. The molecule has 1 aromatic heterocycles. The van der Waals surface area contributed by atoms with E-state index < -0.39 is 0 Å². The van der Waals surface area contributed by atoms with Crippen molar-refractivity contribution in [3.63, 3.8) is 0 Å². The summed E-state index contributed by atoms with van der Waals surface area (Å²) in [5.74, 6) is 0.492.